The fourth-order valence-electron chi connectivity index (χ4n) is 3.03. The molecule has 0 saturated heterocycles. The minimum Gasteiger partial charge on any atom is -0.508 e. The number of carbonyl (C=O) groups is 2. The molecule has 0 fully saturated rings. The summed E-state index contributed by atoms with van der Waals surface area (Å²) in [5.41, 5.74) is 2.06. The Balaban J connectivity index is 1.51. The number of aromatic hydroxyl groups is 1. The number of phenolic OH excluding ortho intramolecular Hbond substituents is 1. The van der Waals surface area contributed by atoms with Gasteiger partial charge in [0.25, 0.3) is 11.8 Å². The summed E-state index contributed by atoms with van der Waals surface area (Å²) in [5.74, 6) is -0.587. The molecular formula is C22H22Cl2N4O3. The van der Waals surface area contributed by atoms with Crippen LogP contribution in [0, 0.1) is 6.92 Å². The molecule has 0 bridgehead atoms. The number of hydrogen-bond donors (Lipinski definition) is 3. The quantitative estimate of drug-likeness (QED) is 0.445. The van der Waals surface area contributed by atoms with Gasteiger partial charge in [-0.1, -0.05) is 47.5 Å². The number of aryl methyl sites for hydroxylation is 1. The number of phenols is 1. The van der Waals surface area contributed by atoms with Crippen molar-refractivity contribution in [2.75, 3.05) is 13.1 Å². The van der Waals surface area contributed by atoms with Crippen LogP contribution >= 0.6 is 23.2 Å². The molecule has 0 radical (unpaired) electrons. The van der Waals surface area contributed by atoms with Gasteiger partial charge in [0, 0.05) is 23.7 Å². The topological polar surface area (TPSA) is 96.3 Å². The predicted molar refractivity (Wildman–Crippen MR) is 120 cm³/mol. The van der Waals surface area contributed by atoms with Gasteiger partial charge in [0.15, 0.2) is 0 Å². The fourth-order valence-corrected chi connectivity index (χ4v) is 3.55. The van der Waals surface area contributed by atoms with Crippen molar-refractivity contribution in [2.24, 2.45) is 0 Å². The number of nitrogens with zero attached hydrogens (tertiary/aromatic N) is 2. The molecule has 0 spiro atoms. The number of carbonyl (C=O) groups excluding carboxylic acids is 2. The van der Waals surface area contributed by atoms with Gasteiger partial charge >= 0.3 is 0 Å². The fraction of sp³-hybridized carbons (Fsp3) is 0.227. The Kier molecular flexibility index (Phi) is 7.55. The van der Waals surface area contributed by atoms with E-state index in [2.05, 4.69) is 15.7 Å². The van der Waals surface area contributed by atoms with Crippen LogP contribution in [-0.4, -0.2) is 39.8 Å². The van der Waals surface area contributed by atoms with E-state index in [0.717, 1.165) is 5.56 Å². The molecule has 0 aliphatic rings. The van der Waals surface area contributed by atoms with E-state index >= 15 is 0 Å². The highest BCUT2D eigenvalue weighted by molar-refractivity contribution is 6.33. The number of aromatic nitrogens is 2. The van der Waals surface area contributed by atoms with Gasteiger partial charge < -0.3 is 15.7 Å². The van der Waals surface area contributed by atoms with Gasteiger partial charge in [-0.3, -0.25) is 9.59 Å². The van der Waals surface area contributed by atoms with Gasteiger partial charge in [-0.15, -0.1) is 0 Å². The number of nitrogens with one attached hydrogen (secondary N) is 2. The summed E-state index contributed by atoms with van der Waals surface area (Å²) in [6, 6.07) is 13.5. The Morgan fingerprint density at radius 1 is 1.03 bits per heavy atom. The lowest BCUT2D eigenvalue weighted by Crippen LogP contribution is -2.30. The zero-order chi connectivity index (χ0) is 22.4. The summed E-state index contributed by atoms with van der Waals surface area (Å²) in [7, 11) is 0. The first-order valence-electron chi connectivity index (χ1n) is 9.68. The summed E-state index contributed by atoms with van der Waals surface area (Å²) in [5, 5.41) is 20.2. The van der Waals surface area contributed by atoms with E-state index in [4.69, 9.17) is 23.2 Å². The molecule has 0 aliphatic carbocycles. The number of rotatable bonds is 8. The molecule has 31 heavy (non-hydrogen) atoms. The van der Waals surface area contributed by atoms with Gasteiger partial charge in [0.1, 0.15) is 10.9 Å². The van der Waals surface area contributed by atoms with E-state index in [1.807, 2.05) is 18.2 Å². The van der Waals surface area contributed by atoms with Gasteiger partial charge in [-0.05, 0) is 43.2 Å². The zero-order valence-corrected chi connectivity index (χ0v) is 18.4. The molecular weight excluding hydrogens is 439 g/mol. The summed E-state index contributed by atoms with van der Waals surface area (Å²) < 4.78 is 1.54. The lowest BCUT2D eigenvalue weighted by molar-refractivity contribution is 0.0951. The van der Waals surface area contributed by atoms with Gasteiger partial charge in [-0.25, -0.2) is 4.68 Å². The first-order chi connectivity index (χ1) is 14.9. The van der Waals surface area contributed by atoms with Crippen molar-refractivity contribution < 1.29 is 14.7 Å². The Morgan fingerprint density at radius 3 is 2.45 bits per heavy atom. The van der Waals surface area contributed by atoms with Crippen LogP contribution < -0.4 is 10.6 Å². The molecule has 0 aliphatic heterocycles. The molecule has 3 rings (SSSR count). The molecule has 3 aromatic rings. The summed E-state index contributed by atoms with van der Waals surface area (Å²) in [6.45, 7) is 2.80. The number of benzene rings is 2. The van der Waals surface area contributed by atoms with Crippen LogP contribution in [0.2, 0.25) is 10.2 Å². The second-order valence-corrected chi connectivity index (χ2v) is 7.68. The van der Waals surface area contributed by atoms with Crippen molar-refractivity contribution in [1.82, 2.24) is 20.4 Å². The standard InChI is InChI=1S/C22H22Cl2N4O3/c1-14-19(20(24)28(27-14)13-16-6-2-3-9-18(16)23)22(31)26-11-5-10-25-21(30)15-7-4-8-17(29)12-15/h2-4,6-9,12,29H,5,10-11,13H2,1H3,(H,25,30)(H,26,31). The molecule has 1 heterocycles. The van der Waals surface area contributed by atoms with Crippen molar-refractivity contribution >= 4 is 35.0 Å². The molecule has 0 saturated carbocycles. The second-order valence-electron chi connectivity index (χ2n) is 6.92. The molecule has 3 N–H and O–H groups in total. The van der Waals surface area contributed by atoms with E-state index in [1.54, 1.807) is 29.8 Å². The maximum atomic E-state index is 12.6. The summed E-state index contributed by atoms with van der Waals surface area (Å²) in [6.07, 6.45) is 0.528. The first-order valence-corrected chi connectivity index (χ1v) is 10.4. The van der Waals surface area contributed by atoms with E-state index in [1.165, 1.54) is 12.1 Å². The SMILES string of the molecule is Cc1nn(Cc2ccccc2Cl)c(Cl)c1C(=O)NCCCNC(=O)c1cccc(O)c1. The lowest BCUT2D eigenvalue weighted by atomic mass is 10.2. The Morgan fingerprint density at radius 2 is 1.74 bits per heavy atom. The predicted octanol–water partition coefficient (Wildman–Crippen LogP) is 3.80. The van der Waals surface area contributed by atoms with Crippen LogP contribution in [0.4, 0.5) is 0 Å². The smallest absolute Gasteiger partial charge is 0.256 e. The number of hydrogen-bond acceptors (Lipinski definition) is 4. The zero-order valence-electron chi connectivity index (χ0n) is 16.9. The van der Waals surface area contributed by atoms with Crippen molar-refractivity contribution in [2.45, 2.75) is 19.9 Å². The highest BCUT2D eigenvalue weighted by atomic mass is 35.5. The lowest BCUT2D eigenvalue weighted by Gasteiger charge is -2.08. The van der Waals surface area contributed by atoms with Gasteiger partial charge in [0.2, 0.25) is 0 Å². The van der Waals surface area contributed by atoms with Gasteiger partial charge in [-0.2, -0.15) is 5.10 Å². The van der Waals surface area contributed by atoms with Gasteiger partial charge in [0.05, 0.1) is 17.8 Å². The number of amides is 2. The summed E-state index contributed by atoms with van der Waals surface area (Å²) in [4.78, 5) is 24.6. The average Bonchev–Trinajstić information content (AvgIpc) is 3.02. The average molecular weight is 461 g/mol. The molecule has 7 nitrogen and oxygen atoms in total. The largest absolute Gasteiger partial charge is 0.508 e. The third kappa shape index (κ3) is 5.77. The molecule has 9 heteroatoms. The minimum atomic E-state index is -0.327. The van der Waals surface area contributed by atoms with E-state index in [-0.39, 0.29) is 22.7 Å². The first kappa shape index (κ1) is 22.7. The van der Waals surface area contributed by atoms with Crippen LogP contribution in [0.25, 0.3) is 0 Å². The van der Waals surface area contributed by atoms with Crippen molar-refractivity contribution in [3.05, 3.63) is 81.1 Å². The third-order valence-electron chi connectivity index (χ3n) is 4.60. The molecule has 2 aromatic carbocycles. The molecule has 1 aromatic heterocycles. The third-order valence-corrected chi connectivity index (χ3v) is 5.36. The molecule has 0 atom stereocenters. The molecule has 2 amide bonds. The normalized spacial score (nSPS) is 10.7. The maximum Gasteiger partial charge on any atom is 0.256 e. The Bertz CT molecular complexity index is 1100. The Labute approximate surface area is 190 Å². The highest BCUT2D eigenvalue weighted by Crippen LogP contribution is 2.23. The van der Waals surface area contributed by atoms with Crippen LogP contribution in [0.1, 0.15) is 38.4 Å². The number of halogens is 2. The minimum absolute atomic E-state index is 0.0299. The second kappa shape index (κ2) is 10.3. The van der Waals surface area contributed by atoms with E-state index in [0.29, 0.717) is 47.9 Å². The maximum absolute atomic E-state index is 12.6. The molecule has 0 unspecified atom stereocenters. The van der Waals surface area contributed by atoms with Crippen molar-refractivity contribution in [1.29, 1.82) is 0 Å². The van der Waals surface area contributed by atoms with Crippen molar-refractivity contribution in [3.63, 3.8) is 0 Å². The van der Waals surface area contributed by atoms with E-state index in [9.17, 15) is 14.7 Å². The summed E-state index contributed by atoms with van der Waals surface area (Å²) >= 11 is 12.6. The Hall–Kier alpha value is -3.03. The highest BCUT2D eigenvalue weighted by Gasteiger charge is 2.20. The van der Waals surface area contributed by atoms with Crippen LogP contribution in [0.15, 0.2) is 48.5 Å². The van der Waals surface area contributed by atoms with Crippen LogP contribution in [0.3, 0.4) is 0 Å². The monoisotopic (exact) mass is 460 g/mol. The van der Waals surface area contributed by atoms with Crippen LogP contribution in [0.5, 0.6) is 5.75 Å². The molecule has 162 valence electrons. The van der Waals surface area contributed by atoms with E-state index < -0.39 is 0 Å². The van der Waals surface area contributed by atoms with Crippen LogP contribution in [-0.2, 0) is 6.54 Å². The van der Waals surface area contributed by atoms with Crippen molar-refractivity contribution in [3.8, 4) is 5.75 Å².